The highest BCUT2D eigenvalue weighted by molar-refractivity contribution is 7.47. The smallest absolute Gasteiger partial charge is 0.457 e. The lowest BCUT2D eigenvalue weighted by atomic mass is 9.85. The molecule has 362 valence electrons. The number of aliphatic hydroxyl groups is 5. The molecule has 0 aliphatic heterocycles. The zero-order chi connectivity index (χ0) is 44.8. The van der Waals surface area contributed by atoms with Gasteiger partial charge in [0.25, 0.3) is 0 Å². The monoisotopic (exact) mass is 893 g/mol. The van der Waals surface area contributed by atoms with E-state index in [-0.39, 0.29) is 13.0 Å². The van der Waals surface area contributed by atoms with Gasteiger partial charge in [0.15, 0.2) is 0 Å². The molecule has 0 aromatic heterocycles. The van der Waals surface area contributed by atoms with E-state index in [1.54, 1.807) is 0 Å². The fraction of sp³-hybridized carbons (Fsp3) is 0.938. The number of rotatable bonds is 43. The van der Waals surface area contributed by atoms with Crippen molar-refractivity contribution >= 4 is 13.8 Å². The number of carbonyl (C=O) groups is 1. The number of hydrogen-bond donors (Lipinski definition) is 6. The Bertz CT molecular complexity index is 1060. The summed E-state index contributed by atoms with van der Waals surface area (Å²) in [7, 11) is -5.01. The quantitative estimate of drug-likeness (QED) is 0.0147. The molecule has 0 amide bonds. The standard InChI is InChI=1S/C48H93O12P/c1-3-5-7-9-11-13-15-16-17-18-19-20-21-22-23-24-25-26-27-29-31-33-35-37-42(49)59-41(39-57-38-36-34-32-30-28-14-12-10-8-6-4-2)40-58-61(55,56)60-48-46(53)44(51)43(50)45(52)47(48)54/h8,10,41,43-48,50-54H,3-7,9,11-40H2,1-2H3,(H,55,56)/b10-8-. The molecule has 0 radical (unpaired) electrons. The Morgan fingerprint density at radius 2 is 0.902 bits per heavy atom. The zero-order valence-electron chi connectivity index (χ0n) is 38.7. The fourth-order valence-corrected chi connectivity index (χ4v) is 8.86. The van der Waals surface area contributed by atoms with Gasteiger partial charge in [-0.2, -0.15) is 0 Å². The lowest BCUT2D eigenvalue weighted by Crippen LogP contribution is -2.64. The molecule has 1 aliphatic carbocycles. The van der Waals surface area contributed by atoms with Gasteiger partial charge in [0.1, 0.15) is 42.7 Å². The molecular formula is C48H93O12P. The Kier molecular flexibility index (Phi) is 37.6. The molecule has 6 N–H and O–H groups in total. The van der Waals surface area contributed by atoms with E-state index in [0.29, 0.717) is 13.0 Å². The first kappa shape index (κ1) is 58.1. The first-order valence-electron chi connectivity index (χ1n) is 25.0. The van der Waals surface area contributed by atoms with E-state index in [9.17, 15) is 39.8 Å². The lowest BCUT2D eigenvalue weighted by molar-refractivity contribution is -0.220. The number of aliphatic hydroxyl groups excluding tert-OH is 5. The van der Waals surface area contributed by atoms with Crippen LogP contribution in [0.3, 0.4) is 0 Å². The van der Waals surface area contributed by atoms with Gasteiger partial charge < -0.3 is 39.9 Å². The van der Waals surface area contributed by atoms with E-state index in [0.717, 1.165) is 57.8 Å². The van der Waals surface area contributed by atoms with Crippen LogP contribution in [0.25, 0.3) is 0 Å². The molecule has 12 nitrogen and oxygen atoms in total. The maximum atomic E-state index is 12.8. The SMILES string of the molecule is CCC/C=C\CCCCCCCCOCC(COP(=O)(O)OC1C(O)C(O)C(O)C(O)C1O)OC(=O)CCCCCCCCCCCCCCCCCCCCCCCCC. The average molecular weight is 893 g/mol. The zero-order valence-corrected chi connectivity index (χ0v) is 39.6. The van der Waals surface area contributed by atoms with Crippen molar-refractivity contribution in [1.82, 2.24) is 0 Å². The van der Waals surface area contributed by atoms with Crippen molar-refractivity contribution < 1.29 is 58.3 Å². The first-order valence-corrected chi connectivity index (χ1v) is 26.5. The molecule has 6 atom stereocenters. The number of ether oxygens (including phenoxy) is 2. The normalized spacial score (nSPS) is 22.2. The second-order valence-electron chi connectivity index (χ2n) is 17.7. The third-order valence-electron chi connectivity index (χ3n) is 11.9. The minimum Gasteiger partial charge on any atom is -0.457 e. The van der Waals surface area contributed by atoms with Crippen LogP contribution in [0.1, 0.15) is 226 Å². The predicted octanol–water partition coefficient (Wildman–Crippen LogP) is 10.7. The second kappa shape index (κ2) is 39.4. The summed E-state index contributed by atoms with van der Waals surface area (Å²) < 4.78 is 34.2. The molecular weight excluding hydrogens is 799 g/mol. The molecule has 6 unspecified atom stereocenters. The number of phosphoric acid groups is 1. The van der Waals surface area contributed by atoms with Crippen LogP contribution >= 0.6 is 7.82 Å². The van der Waals surface area contributed by atoms with E-state index >= 15 is 0 Å². The van der Waals surface area contributed by atoms with Gasteiger partial charge in [-0.1, -0.05) is 199 Å². The van der Waals surface area contributed by atoms with Gasteiger partial charge in [-0.05, 0) is 32.1 Å². The number of hydrogen-bond acceptors (Lipinski definition) is 11. The molecule has 1 saturated carbocycles. The second-order valence-corrected chi connectivity index (χ2v) is 19.1. The maximum absolute atomic E-state index is 12.8. The number of allylic oxidation sites excluding steroid dienone is 2. The molecule has 1 rings (SSSR count). The summed E-state index contributed by atoms with van der Waals surface area (Å²) in [5.74, 6) is -0.475. The number of unbranched alkanes of at least 4 members (excludes halogenated alkanes) is 29. The van der Waals surface area contributed by atoms with Crippen LogP contribution in [0, 0.1) is 0 Å². The minimum atomic E-state index is -5.01. The third-order valence-corrected chi connectivity index (χ3v) is 12.9. The Morgan fingerprint density at radius 3 is 1.36 bits per heavy atom. The summed E-state index contributed by atoms with van der Waals surface area (Å²) in [5.41, 5.74) is 0. The van der Waals surface area contributed by atoms with E-state index in [2.05, 4.69) is 26.0 Å². The fourth-order valence-electron chi connectivity index (χ4n) is 7.89. The van der Waals surface area contributed by atoms with Crippen LogP contribution in [0.5, 0.6) is 0 Å². The molecule has 0 aromatic carbocycles. The summed E-state index contributed by atoms with van der Waals surface area (Å²) >= 11 is 0. The molecule has 0 saturated heterocycles. The highest BCUT2D eigenvalue weighted by atomic mass is 31.2. The van der Waals surface area contributed by atoms with Crippen molar-refractivity contribution in [2.75, 3.05) is 19.8 Å². The van der Waals surface area contributed by atoms with Gasteiger partial charge in [0, 0.05) is 13.0 Å². The average Bonchev–Trinajstić information content (AvgIpc) is 3.24. The molecule has 0 bridgehead atoms. The van der Waals surface area contributed by atoms with E-state index in [1.165, 1.54) is 141 Å². The van der Waals surface area contributed by atoms with Gasteiger partial charge in [0.2, 0.25) is 0 Å². The Balaban J connectivity index is 2.27. The van der Waals surface area contributed by atoms with Crippen LogP contribution < -0.4 is 0 Å². The van der Waals surface area contributed by atoms with Gasteiger partial charge in [-0.15, -0.1) is 0 Å². The van der Waals surface area contributed by atoms with E-state index in [4.69, 9.17) is 18.5 Å². The molecule has 0 spiro atoms. The van der Waals surface area contributed by atoms with Gasteiger partial charge in [-0.3, -0.25) is 13.8 Å². The largest absolute Gasteiger partial charge is 0.472 e. The van der Waals surface area contributed by atoms with Crippen molar-refractivity contribution in [2.45, 2.75) is 268 Å². The summed E-state index contributed by atoms with van der Waals surface area (Å²) in [5, 5.41) is 50.2. The summed E-state index contributed by atoms with van der Waals surface area (Å²) in [6, 6.07) is 0. The van der Waals surface area contributed by atoms with Crippen molar-refractivity contribution in [3.63, 3.8) is 0 Å². The minimum absolute atomic E-state index is 0.0759. The van der Waals surface area contributed by atoms with Gasteiger partial charge in [0.05, 0.1) is 13.2 Å². The van der Waals surface area contributed by atoms with Crippen molar-refractivity contribution in [2.24, 2.45) is 0 Å². The highest BCUT2D eigenvalue weighted by Gasteiger charge is 2.51. The third kappa shape index (κ3) is 31.6. The Labute approximate surface area is 371 Å². The van der Waals surface area contributed by atoms with Gasteiger partial charge in [-0.25, -0.2) is 4.57 Å². The number of phosphoric ester groups is 1. The Hall–Kier alpha value is -0.920. The van der Waals surface area contributed by atoms with E-state index in [1.807, 2.05) is 0 Å². The summed E-state index contributed by atoms with van der Waals surface area (Å²) in [6.07, 6.45) is 31.5. The molecule has 13 heteroatoms. The van der Waals surface area contributed by atoms with Crippen LogP contribution in [0.2, 0.25) is 0 Å². The van der Waals surface area contributed by atoms with Crippen molar-refractivity contribution in [3.8, 4) is 0 Å². The molecule has 1 aliphatic rings. The highest BCUT2D eigenvalue weighted by Crippen LogP contribution is 2.47. The summed E-state index contributed by atoms with van der Waals surface area (Å²) in [4.78, 5) is 23.2. The van der Waals surface area contributed by atoms with Crippen molar-refractivity contribution in [1.29, 1.82) is 0 Å². The molecule has 1 fully saturated rings. The van der Waals surface area contributed by atoms with E-state index < -0.39 is 63.1 Å². The maximum Gasteiger partial charge on any atom is 0.472 e. The Morgan fingerprint density at radius 1 is 0.508 bits per heavy atom. The predicted molar refractivity (Wildman–Crippen MR) is 244 cm³/mol. The first-order chi connectivity index (χ1) is 29.5. The van der Waals surface area contributed by atoms with Gasteiger partial charge >= 0.3 is 13.8 Å². The lowest BCUT2D eigenvalue weighted by Gasteiger charge is -2.41. The number of carbonyl (C=O) groups excluding carboxylic acids is 1. The van der Waals surface area contributed by atoms with Crippen LogP contribution in [-0.4, -0.2) is 98.9 Å². The molecule has 0 aromatic rings. The molecule has 0 heterocycles. The summed E-state index contributed by atoms with van der Waals surface area (Å²) in [6.45, 7) is 4.22. The van der Waals surface area contributed by atoms with Crippen LogP contribution in [0.15, 0.2) is 12.2 Å². The molecule has 61 heavy (non-hydrogen) atoms. The van der Waals surface area contributed by atoms with Crippen LogP contribution in [0.4, 0.5) is 0 Å². The number of esters is 1. The topological polar surface area (TPSA) is 192 Å². The van der Waals surface area contributed by atoms with Crippen LogP contribution in [-0.2, 0) is 27.9 Å². The van der Waals surface area contributed by atoms with Crippen molar-refractivity contribution in [3.05, 3.63) is 12.2 Å².